The van der Waals surface area contributed by atoms with Crippen LogP contribution in [-0.4, -0.2) is 64.9 Å². The lowest BCUT2D eigenvalue weighted by molar-refractivity contribution is -0.116. The van der Waals surface area contributed by atoms with Crippen molar-refractivity contribution < 1.29 is 23.7 Å². The average molecular weight is 527 g/mol. The molecular formula is C31H46N2O5. The molecule has 38 heavy (non-hydrogen) atoms. The number of anilines is 1. The van der Waals surface area contributed by atoms with Gasteiger partial charge in [-0.15, -0.1) is 0 Å². The van der Waals surface area contributed by atoms with Gasteiger partial charge >= 0.3 is 0 Å². The van der Waals surface area contributed by atoms with E-state index in [9.17, 15) is 4.79 Å². The van der Waals surface area contributed by atoms with Crippen molar-refractivity contribution in [1.82, 2.24) is 4.90 Å². The Hall–Kier alpha value is -2.93. The molecule has 0 saturated heterocycles. The van der Waals surface area contributed by atoms with E-state index in [1.54, 1.807) is 35.4 Å². The number of carbonyl (C=O) groups excluding carboxylic acids is 1. The molecule has 0 aliphatic heterocycles. The molecule has 1 atom stereocenters. The molecule has 7 nitrogen and oxygen atoms in total. The van der Waals surface area contributed by atoms with Gasteiger partial charge in [0.25, 0.3) is 0 Å². The summed E-state index contributed by atoms with van der Waals surface area (Å²) in [4.78, 5) is 16.9. The minimum Gasteiger partial charge on any atom is -0.493 e. The Labute approximate surface area is 229 Å². The number of nitrogens with zero attached hydrogens (tertiary/aromatic N) is 2. The van der Waals surface area contributed by atoms with Crippen LogP contribution in [0.5, 0.6) is 23.0 Å². The third-order valence-electron chi connectivity index (χ3n) is 7.59. The summed E-state index contributed by atoms with van der Waals surface area (Å²) in [6, 6.07) is 10.5. The first-order chi connectivity index (χ1) is 18.5. The summed E-state index contributed by atoms with van der Waals surface area (Å²) >= 11 is 0. The average Bonchev–Trinajstić information content (AvgIpc) is 2.94. The van der Waals surface area contributed by atoms with Crippen molar-refractivity contribution in [3.63, 3.8) is 0 Å². The molecule has 7 heteroatoms. The van der Waals surface area contributed by atoms with Gasteiger partial charge in [0.1, 0.15) is 0 Å². The van der Waals surface area contributed by atoms with Crippen LogP contribution in [0.2, 0.25) is 0 Å². The zero-order chi connectivity index (χ0) is 27.5. The van der Waals surface area contributed by atoms with Gasteiger partial charge in [0.15, 0.2) is 23.0 Å². The summed E-state index contributed by atoms with van der Waals surface area (Å²) in [7, 11) is 6.66. The van der Waals surface area contributed by atoms with Gasteiger partial charge < -0.3 is 28.7 Å². The molecule has 3 rings (SSSR count). The molecule has 0 fully saturated rings. The van der Waals surface area contributed by atoms with Crippen LogP contribution in [0.25, 0.3) is 0 Å². The first-order valence-corrected chi connectivity index (χ1v) is 13.9. The fraction of sp³-hybridized carbons (Fsp3) is 0.581. The maximum atomic E-state index is 12.4. The largest absolute Gasteiger partial charge is 0.493 e. The fourth-order valence-corrected chi connectivity index (χ4v) is 5.64. The molecule has 1 amide bonds. The maximum absolute atomic E-state index is 12.4. The van der Waals surface area contributed by atoms with Crippen molar-refractivity contribution in [1.29, 1.82) is 0 Å². The zero-order valence-electron chi connectivity index (χ0n) is 24.2. The van der Waals surface area contributed by atoms with Gasteiger partial charge in [-0.3, -0.25) is 4.79 Å². The molecule has 0 saturated carbocycles. The van der Waals surface area contributed by atoms with Crippen LogP contribution in [0.3, 0.4) is 0 Å². The minimum atomic E-state index is 0.0400. The Balaban J connectivity index is 1.50. The number of hydrogen-bond acceptors (Lipinski definition) is 6. The molecule has 0 aromatic heterocycles. The highest BCUT2D eigenvalue weighted by molar-refractivity contribution is 5.91. The van der Waals surface area contributed by atoms with Crippen molar-refractivity contribution in [2.24, 2.45) is 0 Å². The normalized spacial score (nSPS) is 14.7. The smallest absolute Gasteiger partial charge is 0.223 e. The summed E-state index contributed by atoms with van der Waals surface area (Å²) < 4.78 is 21.9. The minimum absolute atomic E-state index is 0.0400. The van der Waals surface area contributed by atoms with Gasteiger partial charge in [-0.2, -0.15) is 0 Å². The molecule has 0 N–H and O–H groups in total. The second kappa shape index (κ2) is 14.9. The third-order valence-corrected chi connectivity index (χ3v) is 7.59. The Kier molecular flexibility index (Phi) is 11.6. The van der Waals surface area contributed by atoms with Crippen LogP contribution < -0.4 is 23.8 Å². The van der Waals surface area contributed by atoms with Gasteiger partial charge in [-0.05, 0) is 75.4 Å². The lowest BCUT2D eigenvalue weighted by Crippen LogP contribution is -2.40. The molecular weight excluding hydrogens is 480 g/mol. The molecule has 2 aromatic carbocycles. The first-order valence-electron chi connectivity index (χ1n) is 13.9. The van der Waals surface area contributed by atoms with Gasteiger partial charge in [0, 0.05) is 36.8 Å². The summed E-state index contributed by atoms with van der Waals surface area (Å²) in [6.07, 6.45) is 8.80. The van der Waals surface area contributed by atoms with Crippen molar-refractivity contribution in [2.75, 3.05) is 53.0 Å². The number of rotatable bonds is 15. The van der Waals surface area contributed by atoms with E-state index < -0.39 is 0 Å². The molecule has 2 aromatic rings. The second-order valence-electron chi connectivity index (χ2n) is 10.00. The number of methoxy groups -OCH3 is 4. The van der Waals surface area contributed by atoms with Gasteiger partial charge in [-0.1, -0.05) is 25.8 Å². The Bertz CT molecular complexity index is 1040. The number of hydrogen-bond donors (Lipinski definition) is 0. The van der Waals surface area contributed by atoms with Gasteiger partial charge in [0.2, 0.25) is 5.91 Å². The summed E-state index contributed by atoms with van der Waals surface area (Å²) in [5.74, 6) is 3.06. The third kappa shape index (κ3) is 7.34. The Morgan fingerprint density at radius 3 is 2.16 bits per heavy atom. The number of amides is 1. The molecule has 0 heterocycles. The molecule has 0 spiro atoms. The Morgan fingerprint density at radius 1 is 0.842 bits per heavy atom. The molecule has 0 bridgehead atoms. The van der Waals surface area contributed by atoms with Crippen LogP contribution in [0, 0.1) is 0 Å². The van der Waals surface area contributed by atoms with E-state index in [-0.39, 0.29) is 5.91 Å². The maximum Gasteiger partial charge on any atom is 0.223 e. The number of benzene rings is 2. The predicted molar refractivity (Wildman–Crippen MR) is 153 cm³/mol. The van der Waals surface area contributed by atoms with Crippen molar-refractivity contribution in [3.05, 3.63) is 41.5 Å². The highest BCUT2D eigenvalue weighted by Crippen LogP contribution is 2.38. The van der Waals surface area contributed by atoms with Crippen LogP contribution >= 0.6 is 0 Å². The molecule has 0 unspecified atom stereocenters. The molecule has 1 aliphatic carbocycles. The standard InChI is InChI=1S/C31H46N2O5/c1-7-18-32(25-13-15-27-24(21-25)12-16-29(36-4)31(27)38-6)19-10-8-9-11-20-33(23(2)34)26-14-17-28(35-3)30(22-26)37-5/h12,14,16-17,22,25H,7-11,13,15,18-21H2,1-6H3/t25-/m0/s1. The highest BCUT2D eigenvalue weighted by Gasteiger charge is 2.27. The van der Waals surface area contributed by atoms with Gasteiger partial charge in [0.05, 0.1) is 28.4 Å². The quantitative estimate of drug-likeness (QED) is 0.269. The zero-order valence-corrected chi connectivity index (χ0v) is 24.2. The van der Waals surface area contributed by atoms with Crippen molar-refractivity contribution in [2.45, 2.75) is 71.3 Å². The topological polar surface area (TPSA) is 60.5 Å². The molecule has 1 aliphatic rings. The number of ether oxygens (including phenoxy) is 4. The summed E-state index contributed by atoms with van der Waals surface area (Å²) in [5, 5.41) is 0. The predicted octanol–water partition coefficient (Wildman–Crippen LogP) is 5.90. The molecule has 210 valence electrons. The fourth-order valence-electron chi connectivity index (χ4n) is 5.64. The Morgan fingerprint density at radius 2 is 1.53 bits per heavy atom. The molecule has 0 radical (unpaired) electrons. The highest BCUT2D eigenvalue weighted by atomic mass is 16.5. The lowest BCUT2D eigenvalue weighted by Gasteiger charge is -2.36. The van der Waals surface area contributed by atoms with Crippen LogP contribution in [-0.2, 0) is 17.6 Å². The van der Waals surface area contributed by atoms with E-state index in [1.165, 1.54) is 17.5 Å². The number of unbranched alkanes of at least 4 members (excludes halogenated alkanes) is 3. The van der Waals surface area contributed by atoms with E-state index >= 15 is 0 Å². The van der Waals surface area contributed by atoms with E-state index in [4.69, 9.17) is 18.9 Å². The van der Waals surface area contributed by atoms with E-state index in [0.717, 1.165) is 75.2 Å². The van der Waals surface area contributed by atoms with Crippen LogP contribution in [0.4, 0.5) is 5.69 Å². The summed E-state index contributed by atoms with van der Waals surface area (Å²) in [5.41, 5.74) is 3.54. The van der Waals surface area contributed by atoms with Crippen molar-refractivity contribution in [3.8, 4) is 23.0 Å². The summed E-state index contributed by atoms with van der Waals surface area (Å²) in [6.45, 7) is 6.83. The number of carbonyl (C=O) groups is 1. The van der Waals surface area contributed by atoms with Crippen molar-refractivity contribution >= 4 is 11.6 Å². The lowest BCUT2D eigenvalue weighted by atomic mass is 9.86. The number of fused-ring (bicyclic) bond motifs is 1. The van der Waals surface area contributed by atoms with E-state index in [2.05, 4.69) is 17.9 Å². The van der Waals surface area contributed by atoms with Crippen LogP contribution in [0.15, 0.2) is 30.3 Å². The SMILES string of the molecule is CCCN(CCCCCCN(C(C)=O)c1ccc(OC)c(OC)c1)[C@H]1CCc2c(ccc(OC)c2OC)C1. The van der Waals surface area contributed by atoms with Crippen LogP contribution in [0.1, 0.15) is 63.5 Å². The first kappa shape index (κ1) is 29.6. The van der Waals surface area contributed by atoms with E-state index in [0.29, 0.717) is 24.1 Å². The van der Waals surface area contributed by atoms with E-state index in [1.807, 2.05) is 29.2 Å². The van der Waals surface area contributed by atoms with Gasteiger partial charge in [-0.25, -0.2) is 0 Å². The second-order valence-corrected chi connectivity index (χ2v) is 10.00. The monoisotopic (exact) mass is 526 g/mol.